The van der Waals surface area contributed by atoms with Gasteiger partial charge in [-0.05, 0) is 16.7 Å². The van der Waals surface area contributed by atoms with Crippen molar-refractivity contribution in [1.82, 2.24) is 14.8 Å². The second kappa shape index (κ2) is 5.23. The Kier molecular flexibility index (Phi) is 3.23. The monoisotopic (exact) mass is 300 g/mol. The van der Waals surface area contributed by atoms with Gasteiger partial charge in [-0.25, -0.2) is 4.98 Å². The predicted molar refractivity (Wildman–Crippen MR) is 81.8 cm³/mol. The van der Waals surface area contributed by atoms with Crippen LogP contribution in [0.5, 0.6) is 0 Å². The minimum atomic E-state index is 0.0560. The molecule has 0 bridgehead atoms. The first-order valence-corrected chi connectivity index (χ1v) is 7.78. The summed E-state index contributed by atoms with van der Waals surface area (Å²) in [5, 5.41) is 2.03. The second-order valence-electron chi connectivity index (χ2n) is 5.27. The molecule has 0 spiro atoms. The Balaban J connectivity index is 1.60. The van der Waals surface area contributed by atoms with Crippen LogP contribution in [-0.2, 0) is 24.4 Å². The summed E-state index contributed by atoms with van der Waals surface area (Å²) in [5.74, 6) is 5.75. The Morgan fingerprint density at radius 3 is 3.14 bits per heavy atom. The van der Waals surface area contributed by atoms with Gasteiger partial charge in [0.2, 0.25) is 0 Å². The molecular formula is C15H16N4OS. The molecule has 21 heavy (non-hydrogen) atoms. The third-order valence-electron chi connectivity index (χ3n) is 3.91. The minimum absolute atomic E-state index is 0.0560. The average Bonchev–Trinajstić information content (AvgIpc) is 3.18. The van der Waals surface area contributed by atoms with Crippen LogP contribution in [0.2, 0.25) is 0 Å². The van der Waals surface area contributed by atoms with Crippen molar-refractivity contribution in [3.63, 3.8) is 0 Å². The van der Waals surface area contributed by atoms with Gasteiger partial charge in [0.05, 0.1) is 24.9 Å². The molecule has 0 amide bonds. The van der Waals surface area contributed by atoms with Crippen LogP contribution in [0.4, 0.5) is 0 Å². The van der Waals surface area contributed by atoms with Crippen LogP contribution in [0.3, 0.4) is 0 Å². The van der Waals surface area contributed by atoms with Crippen molar-refractivity contribution in [2.75, 3.05) is 0 Å². The zero-order valence-electron chi connectivity index (χ0n) is 11.5. The maximum absolute atomic E-state index is 5.75. The van der Waals surface area contributed by atoms with Gasteiger partial charge in [-0.1, -0.05) is 18.2 Å². The number of imidazole rings is 1. The number of nitrogens with two attached hydrogens (primary N) is 1. The van der Waals surface area contributed by atoms with Crippen LogP contribution in [0.15, 0.2) is 36.0 Å². The van der Waals surface area contributed by atoms with Crippen LogP contribution >= 0.6 is 11.3 Å². The molecular weight excluding hydrogens is 284 g/mol. The molecule has 0 saturated carbocycles. The Labute approximate surface area is 126 Å². The van der Waals surface area contributed by atoms with E-state index in [1.54, 1.807) is 11.3 Å². The van der Waals surface area contributed by atoms with E-state index in [9.17, 15) is 0 Å². The van der Waals surface area contributed by atoms with Gasteiger partial charge < -0.3 is 4.74 Å². The van der Waals surface area contributed by atoms with Crippen molar-refractivity contribution in [3.05, 3.63) is 58.4 Å². The van der Waals surface area contributed by atoms with Gasteiger partial charge >= 0.3 is 0 Å². The van der Waals surface area contributed by atoms with E-state index in [0.29, 0.717) is 13.2 Å². The number of ether oxygens (including phenoxy) is 1. The molecule has 1 atom stereocenters. The Morgan fingerprint density at radius 1 is 1.38 bits per heavy atom. The van der Waals surface area contributed by atoms with Crippen LogP contribution in [0.1, 0.15) is 28.4 Å². The van der Waals surface area contributed by atoms with E-state index in [-0.39, 0.29) is 6.04 Å². The highest BCUT2D eigenvalue weighted by atomic mass is 32.1. The highest BCUT2D eigenvalue weighted by Gasteiger charge is 2.17. The molecule has 1 aliphatic rings. The van der Waals surface area contributed by atoms with Crippen molar-refractivity contribution in [3.8, 4) is 0 Å². The quantitative estimate of drug-likeness (QED) is 0.572. The molecule has 5 nitrogen and oxygen atoms in total. The Morgan fingerprint density at radius 2 is 2.29 bits per heavy atom. The Hall–Kier alpha value is -1.73. The molecule has 3 heterocycles. The van der Waals surface area contributed by atoms with Crippen molar-refractivity contribution in [2.45, 2.75) is 25.7 Å². The molecule has 1 aliphatic heterocycles. The van der Waals surface area contributed by atoms with Crippen LogP contribution in [-0.4, -0.2) is 9.38 Å². The molecule has 3 aromatic rings. The lowest BCUT2D eigenvalue weighted by Crippen LogP contribution is -2.29. The van der Waals surface area contributed by atoms with Gasteiger partial charge in [-0.2, -0.15) is 0 Å². The summed E-state index contributed by atoms with van der Waals surface area (Å²) in [5.41, 5.74) is 7.67. The average molecular weight is 300 g/mol. The molecule has 0 saturated heterocycles. The maximum atomic E-state index is 5.75. The summed E-state index contributed by atoms with van der Waals surface area (Å²) in [7, 11) is 0. The van der Waals surface area contributed by atoms with Crippen molar-refractivity contribution in [1.29, 1.82) is 0 Å². The summed E-state index contributed by atoms with van der Waals surface area (Å²) in [6, 6.07) is 6.50. The molecule has 1 unspecified atom stereocenters. The first-order valence-electron chi connectivity index (χ1n) is 6.90. The summed E-state index contributed by atoms with van der Waals surface area (Å²) in [4.78, 5) is 5.64. The summed E-state index contributed by atoms with van der Waals surface area (Å²) >= 11 is 1.64. The van der Waals surface area contributed by atoms with E-state index in [1.165, 1.54) is 16.7 Å². The second-order valence-corrected chi connectivity index (χ2v) is 6.14. The number of rotatable bonds is 4. The summed E-state index contributed by atoms with van der Waals surface area (Å²) in [6.45, 7) is 1.41. The predicted octanol–water partition coefficient (Wildman–Crippen LogP) is 2.17. The molecule has 2 aromatic heterocycles. The van der Waals surface area contributed by atoms with E-state index < -0.39 is 0 Å². The van der Waals surface area contributed by atoms with E-state index in [0.717, 1.165) is 17.1 Å². The first kappa shape index (κ1) is 13.0. The summed E-state index contributed by atoms with van der Waals surface area (Å²) in [6.07, 6.45) is 4.85. The number of thiazole rings is 1. The smallest absolute Gasteiger partial charge is 0.193 e. The number of nitrogens with zero attached hydrogens (tertiary/aromatic N) is 2. The molecule has 0 aliphatic carbocycles. The third-order valence-corrected chi connectivity index (χ3v) is 4.68. The molecule has 1 aromatic carbocycles. The van der Waals surface area contributed by atoms with Crippen molar-refractivity contribution in [2.24, 2.45) is 5.84 Å². The topological polar surface area (TPSA) is 64.6 Å². The van der Waals surface area contributed by atoms with Gasteiger partial charge in [0.1, 0.15) is 0 Å². The number of hydrogen-bond acceptors (Lipinski definition) is 5. The fourth-order valence-electron chi connectivity index (χ4n) is 2.77. The van der Waals surface area contributed by atoms with Crippen LogP contribution in [0.25, 0.3) is 4.96 Å². The lowest BCUT2D eigenvalue weighted by molar-refractivity contribution is 0.134. The van der Waals surface area contributed by atoms with E-state index >= 15 is 0 Å². The number of nitrogens with one attached hydrogen (secondary N) is 1. The molecule has 3 N–H and O–H groups in total. The minimum Gasteiger partial charge on any atom is -0.372 e. The normalized spacial score (nSPS) is 15.5. The Bertz CT molecular complexity index is 750. The number of fused-ring (bicyclic) bond motifs is 2. The van der Waals surface area contributed by atoms with Gasteiger partial charge in [0, 0.05) is 24.2 Å². The van der Waals surface area contributed by atoms with E-state index in [1.807, 2.05) is 16.0 Å². The van der Waals surface area contributed by atoms with Crippen LogP contribution in [0, 0.1) is 0 Å². The van der Waals surface area contributed by atoms with Crippen molar-refractivity contribution < 1.29 is 4.74 Å². The molecule has 0 radical (unpaired) electrons. The van der Waals surface area contributed by atoms with E-state index in [2.05, 4.69) is 34.8 Å². The molecule has 108 valence electrons. The highest BCUT2D eigenvalue weighted by Crippen LogP contribution is 2.25. The van der Waals surface area contributed by atoms with Crippen LogP contribution < -0.4 is 11.3 Å². The first-order chi connectivity index (χ1) is 10.3. The zero-order valence-corrected chi connectivity index (χ0v) is 12.3. The van der Waals surface area contributed by atoms with Gasteiger partial charge in [0.15, 0.2) is 4.96 Å². The van der Waals surface area contributed by atoms with Gasteiger partial charge in [-0.3, -0.25) is 15.7 Å². The standard InChI is InChI=1S/C15H16N4OS/c16-18-14(6-13-7-19-3-4-21-15(19)17-13)10-1-2-11-8-20-9-12(11)5-10/h1-5,7,14,18H,6,8-9,16H2. The molecule has 0 fully saturated rings. The number of hydrazine groups is 1. The maximum Gasteiger partial charge on any atom is 0.193 e. The zero-order chi connectivity index (χ0) is 14.2. The summed E-state index contributed by atoms with van der Waals surface area (Å²) < 4.78 is 7.51. The fraction of sp³-hybridized carbons (Fsp3) is 0.267. The lowest BCUT2D eigenvalue weighted by Gasteiger charge is -2.16. The van der Waals surface area contributed by atoms with E-state index in [4.69, 9.17) is 10.6 Å². The number of hydrogen-bond donors (Lipinski definition) is 2. The van der Waals surface area contributed by atoms with Gasteiger partial charge in [-0.15, -0.1) is 11.3 Å². The number of aromatic nitrogens is 2. The highest BCUT2D eigenvalue weighted by molar-refractivity contribution is 7.15. The SMILES string of the molecule is NNC(Cc1cn2ccsc2n1)c1ccc2c(c1)COC2. The largest absolute Gasteiger partial charge is 0.372 e. The lowest BCUT2D eigenvalue weighted by atomic mass is 9.98. The fourth-order valence-corrected chi connectivity index (χ4v) is 3.48. The molecule has 6 heteroatoms. The van der Waals surface area contributed by atoms with Gasteiger partial charge in [0.25, 0.3) is 0 Å². The molecule has 4 rings (SSSR count). The van der Waals surface area contributed by atoms with Crippen molar-refractivity contribution >= 4 is 16.3 Å². The third kappa shape index (κ3) is 2.36. The number of benzene rings is 1.